The van der Waals surface area contributed by atoms with Crippen LogP contribution in [0.25, 0.3) is 0 Å². The molecule has 3 rings (SSSR count). The minimum atomic E-state index is -0.561. The van der Waals surface area contributed by atoms with Gasteiger partial charge in [0.15, 0.2) is 0 Å². The number of amides is 2. The first kappa shape index (κ1) is 23.3. The number of hydrogen-bond acceptors (Lipinski definition) is 3. The number of halogens is 2. The van der Waals surface area contributed by atoms with Gasteiger partial charge in [0.25, 0.3) is 5.91 Å². The van der Waals surface area contributed by atoms with Crippen molar-refractivity contribution in [3.63, 3.8) is 0 Å². The Morgan fingerprint density at radius 1 is 1.00 bits per heavy atom. The fourth-order valence-corrected chi connectivity index (χ4v) is 3.59. The van der Waals surface area contributed by atoms with E-state index >= 15 is 0 Å². The summed E-state index contributed by atoms with van der Waals surface area (Å²) < 4.78 is 0. The van der Waals surface area contributed by atoms with Gasteiger partial charge in [-0.3, -0.25) is 9.59 Å². The van der Waals surface area contributed by atoms with Crippen molar-refractivity contribution >= 4 is 46.4 Å². The Hall–Kier alpha value is -3.33. The maximum absolute atomic E-state index is 12.7. The lowest BCUT2D eigenvalue weighted by Gasteiger charge is -2.16. The van der Waals surface area contributed by atoms with Crippen molar-refractivity contribution in [2.75, 3.05) is 10.6 Å². The molecule has 0 saturated heterocycles. The van der Waals surface area contributed by atoms with Crippen LogP contribution in [0.2, 0.25) is 10.0 Å². The minimum absolute atomic E-state index is 0.0955. The second kappa shape index (κ2) is 10.3. The molecule has 0 unspecified atom stereocenters. The predicted molar refractivity (Wildman–Crippen MR) is 128 cm³/mol. The monoisotopic (exact) mass is 465 g/mol. The molecule has 0 spiro atoms. The van der Waals surface area contributed by atoms with Crippen LogP contribution < -0.4 is 10.6 Å². The van der Waals surface area contributed by atoms with E-state index in [1.54, 1.807) is 61.5 Å². The highest BCUT2D eigenvalue weighted by Gasteiger charge is 2.19. The predicted octanol–water partition coefficient (Wildman–Crippen LogP) is 6.56. The summed E-state index contributed by atoms with van der Waals surface area (Å²) in [6, 6.07) is 19.4. The third-order valence-electron chi connectivity index (χ3n) is 4.99. The van der Waals surface area contributed by atoms with Crippen LogP contribution in [0.3, 0.4) is 0 Å². The third-order valence-corrected chi connectivity index (χ3v) is 5.57. The molecule has 0 bridgehead atoms. The van der Waals surface area contributed by atoms with Crippen molar-refractivity contribution < 1.29 is 9.59 Å². The van der Waals surface area contributed by atoms with Gasteiger partial charge in [-0.2, -0.15) is 5.26 Å². The Balaban J connectivity index is 1.80. The molecule has 0 aliphatic carbocycles. The Labute approximate surface area is 197 Å². The molecule has 3 aromatic carbocycles. The SMILES string of the molecule is CCC(=O)Nc1ccc(C(=O)Nc2cc(Cl)c([C@@H](C#N)c3ccc(Cl)cc3)cc2C)cc1. The minimum Gasteiger partial charge on any atom is -0.326 e. The molecule has 2 N–H and O–H groups in total. The zero-order valence-electron chi connectivity index (χ0n) is 17.6. The molecule has 0 heterocycles. The van der Waals surface area contributed by atoms with Crippen LogP contribution >= 0.6 is 23.2 Å². The summed E-state index contributed by atoms with van der Waals surface area (Å²) in [6.07, 6.45) is 0.378. The molecule has 162 valence electrons. The Morgan fingerprint density at radius 3 is 2.25 bits per heavy atom. The lowest BCUT2D eigenvalue weighted by molar-refractivity contribution is -0.115. The smallest absolute Gasteiger partial charge is 0.255 e. The van der Waals surface area contributed by atoms with Gasteiger partial charge in [-0.05, 0) is 66.1 Å². The topological polar surface area (TPSA) is 82.0 Å². The normalized spacial score (nSPS) is 11.3. The van der Waals surface area contributed by atoms with Gasteiger partial charge in [0, 0.05) is 33.4 Å². The second-order valence-electron chi connectivity index (χ2n) is 7.24. The summed E-state index contributed by atoms with van der Waals surface area (Å²) in [7, 11) is 0. The molecule has 0 saturated carbocycles. The summed E-state index contributed by atoms with van der Waals surface area (Å²) in [4.78, 5) is 24.2. The van der Waals surface area contributed by atoms with E-state index in [1.807, 2.05) is 13.0 Å². The van der Waals surface area contributed by atoms with E-state index in [2.05, 4.69) is 16.7 Å². The van der Waals surface area contributed by atoms with Crippen molar-refractivity contribution in [3.05, 3.63) is 93.0 Å². The van der Waals surface area contributed by atoms with E-state index in [0.717, 1.165) is 11.1 Å². The van der Waals surface area contributed by atoms with Crippen molar-refractivity contribution in [3.8, 4) is 6.07 Å². The number of nitriles is 1. The number of nitrogens with zero attached hydrogens (tertiary/aromatic N) is 1. The maximum Gasteiger partial charge on any atom is 0.255 e. The maximum atomic E-state index is 12.7. The molecule has 7 heteroatoms. The third kappa shape index (κ3) is 5.47. The molecule has 0 aliphatic rings. The molecular weight excluding hydrogens is 445 g/mol. The van der Waals surface area contributed by atoms with Crippen molar-refractivity contribution in [2.24, 2.45) is 0 Å². The van der Waals surface area contributed by atoms with Crippen LogP contribution in [0.5, 0.6) is 0 Å². The largest absolute Gasteiger partial charge is 0.326 e. The van der Waals surface area contributed by atoms with E-state index in [4.69, 9.17) is 23.2 Å². The van der Waals surface area contributed by atoms with Gasteiger partial charge in [-0.25, -0.2) is 0 Å². The number of benzene rings is 3. The molecule has 1 atom stereocenters. The van der Waals surface area contributed by atoms with Gasteiger partial charge in [-0.1, -0.05) is 48.3 Å². The highest BCUT2D eigenvalue weighted by Crippen LogP contribution is 2.34. The van der Waals surface area contributed by atoms with Crippen LogP contribution in [0.1, 0.15) is 46.3 Å². The lowest BCUT2D eigenvalue weighted by atomic mass is 9.91. The van der Waals surface area contributed by atoms with E-state index in [9.17, 15) is 14.9 Å². The number of anilines is 2. The molecular formula is C25H21Cl2N3O2. The number of carbonyl (C=O) groups is 2. The van der Waals surface area contributed by atoms with E-state index < -0.39 is 5.92 Å². The van der Waals surface area contributed by atoms with Crippen LogP contribution in [-0.2, 0) is 4.79 Å². The zero-order valence-corrected chi connectivity index (χ0v) is 19.1. The Bertz CT molecular complexity index is 1180. The summed E-state index contributed by atoms with van der Waals surface area (Å²) >= 11 is 12.5. The summed E-state index contributed by atoms with van der Waals surface area (Å²) in [5, 5.41) is 16.3. The number of rotatable bonds is 6. The molecule has 0 radical (unpaired) electrons. The molecule has 0 aliphatic heterocycles. The van der Waals surface area contributed by atoms with E-state index in [-0.39, 0.29) is 11.8 Å². The summed E-state index contributed by atoms with van der Waals surface area (Å²) in [5.41, 5.74) is 3.84. The molecule has 2 amide bonds. The quantitative estimate of drug-likeness (QED) is 0.432. The van der Waals surface area contributed by atoms with Crippen molar-refractivity contribution in [1.29, 1.82) is 5.26 Å². The van der Waals surface area contributed by atoms with Gasteiger partial charge in [0.05, 0.1) is 12.0 Å². The first-order chi connectivity index (χ1) is 15.3. The first-order valence-electron chi connectivity index (χ1n) is 9.98. The molecule has 3 aromatic rings. The van der Waals surface area contributed by atoms with Gasteiger partial charge in [0.2, 0.25) is 5.91 Å². The Morgan fingerprint density at radius 2 is 1.66 bits per heavy atom. The highest BCUT2D eigenvalue weighted by molar-refractivity contribution is 6.32. The second-order valence-corrected chi connectivity index (χ2v) is 8.08. The van der Waals surface area contributed by atoms with Gasteiger partial charge in [0.1, 0.15) is 0 Å². The van der Waals surface area contributed by atoms with Crippen LogP contribution in [0, 0.1) is 18.3 Å². The first-order valence-corrected chi connectivity index (χ1v) is 10.7. The number of hydrogen-bond donors (Lipinski definition) is 2. The fourth-order valence-electron chi connectivity index (χ4n) is 3.19. The Kier molecular flexibility index (Phi) is 7.53. The van der Waals surface area contributed by atoms with Crippen LogP contribution in [0.15, 0.2) is 60.7 Å². The van der Waals surface area contributed by atoms with Crippen LogP contribution in [-0.4, -0.2) is 11.8 Å². The summed E-state index contributed by atoms with van der Waals surface area (Å²) in [6.45, 7) is 3.61. The number of aryl methyl sites for hydroxylation is 1. The number of nitrogens with one attached hydrogen (secondary N) is 2. The molecule has 0 aromatic heterocycles. The zero-order chi connectivity index (χ0) is 23.3. The van der Waals surface area contributed by atoms with Gasteiger partial charge in [-0.15, -0.1) is 0 Å². The molecule has 0 fully saturated rings. The van der Waals surface area contributed by atoms with Crippen molar-refractivity contribution in [1.82, 2.24) is 0 Å². The summed E-state index contributed by atoms with van der Waals surface area (Å²) in [5.74, 6) is -0.962. The highest BCUT2D eigenvalue weighted by atomic mass is 35.5. The van der Waals surface area contributed by atoms with Crippen molar-refractivity contribution in [2.45, 2.75) is 26.2 Å². The van der Waals surface area contributed by atoms with E-state index in [0.29, 0.717) is 39.0 Å². The number of carbonyl (C=O) groups excluding carboxylic acids is 2. The van der Waals surface area contributed by atoms with Gasteiger partial charge >= 0.3 is 0 Å². The molecule has 5 nitrogen and oxygen atoms in total. The lowest BCUT2D eigenvalue weighted by Crippen LogP contribution is -2.14. The fraction of sp³-hybridized carbons (Fsp3) is 0.160. The standard InChI is InChI=1S/C25H21Cl2N3O2/c1-3-24(31)29-19-10-6-17(7-11-19)25(32)30-23-13-22(27)20(12-15(23)2)21(14-28)16-4-8-18(26)9-5-16/h4-13,21H,3H2,1-2H3,(H,29,31)(H,30,32)/t21-/m0/s1. The van der Waals surface area contributed by atoms with Crippen LogP contribution in [0.4, 0.5) is 11.4 Å². The average molecular weight is 466 g/mol. The van der Waals surface area contributed by atoms with E-state index in [1.165, 1.54) is 0 Å². The average Bonchev–Trinajstić information content (AvgIpc) is 2.79. The molecule has 32 heavy (non-hydrogen) atoms. The van der Waals surface area contributed by atoms with Gasteiger partial charge < -0.3 is 10.6 Å².